The number of nitrogens with zero attached hydrogens (tertiary/aromatic N) is 1. The minimum atomic E-state index is -2.81. The molecule has 1 atom stereocenters. The summed E-state index contributed by atoms with van der Waals surface area (Å²) in [5.74, 6) is 0.827. The molecule has 14 heavy (non-hydrogen) atoms. The summed E-state index contributed by atoms with van der Waals surface area (Å²) in [7, 11) is -2.81. The lowest BCUT2D eigenvalue weighted by atomic mass is 10.0. The number of hydrogen-bond acceptors (Lipinski definition) is 4. The van der Waals surface area contributed by atoms with Gasteiger partial charge in [0.25, 0.3) is 0 Å². The molecule has 0 aromatic rings. The second kappa shape index (κ2) is 4.59. The summed E-state index contributed by atoms with van der Waals surface area (Å²) in [6.07, 6.45) is 0. The summed E-state index contributed by atoms with van der Waals surface area (Å²) in [6.45, 7) is 5.32. The lowest BCUT2D eigenvalue weighted by Crippen LogP contribution is -2.49. The Bertz CT molecular complexity index is 260. The maximum Gasteiger partial charge on any atom is 0.152 e. The zero-order chi connectivity index (χ0) is 10.8. The van der Waals surface area contributed by atoms with Crippen LogP contribution in [0.5, 0.6) is 0 Å². The van der Waals surface area contributed by atoms with Crippen LogP contribution in [0.4, 0.5) is 0 Å². The molecule has 1 saturated heterocycles. The Labute approximate surface area is 85.8 Å². The van der Waals surface area contributed by atoms with Crippen molar-refractivity contribution >= 4 is 9.84 Å². The van der Waals surface area contributed by atoms with Gasteiger partial charge in [-0.05, 0) is 5.92 Å². The summed E-state index contributed by atoms with van der Waals surface area (Å²) in [6, 6.07) is 0.102. The van der Waals surface area contributed by atoms with Gasteiger partial charge in [0.05, 0.1) is 18.1 Å². The number of sulfone groups is 1. The van der Waals surface area contributed by atoms with Gasteiger partial charge in [-0.1, -0.05) is 13.8 Å². The van der Waals surface area contributed by atoms with Gasteiger partial charge < -0.3 is 5.11 Å². The molecule has 0 amide bonds. The molecule has 1 aliphatic rings. The third kappa shape index (κ3) is 2.93. The van der Waals surface area contributed by atoms with Crippen LogP contribution in [0.25, 0.3) is 0 Å². The van der Waals surface area contributed by atoms with Crippen molar-refractivity contribution in [3.63, 3.8) is 0 Å². The highest BCUT2D eigenvalue weighted by Crippen LogP contribution is 2.14. The third-order valence-electron chi connectivity index (χ3n) is 2.80. The van der Waals surface area contributed by atoms with Crippen LogP contribution in [-0.4, -0.2) is 55.7 Å². The normalized spacial score (nSPS) is 25.1. The molecule has 0 radical (unpaired) electrons. The first-order valence-corrected chi connectivity index (χ1v) is 6.84. The summed E-state index contributed by atoms with van der Waals surface area (Å²) in [5.41, 5.74) is 0. The molecular formula is C9H19NO3S. The molecule has 0 saturated carbocycles. The molecule has 84 valence electrons. The van der Waals surface area contributed by atoms with E-state index in [1.165, 1.54) is 0 Å². The number of hydrogen-bond donors (Lipinski definition) is 1. The SMILES string of the molecule is CC(C)[C@H](CO)N1CCS(=O)(=O)CC1. The Hall–Kier alpha value is -0.130. The molecular weight excluding hydrogens is 202 g/mol. The fourth-order valence-corrected chi connectivity index (χ4v) is 3.04. The summed E-state index contributed by atoms with van der Waals surface area (Å²) < 4.78 is 22.4. The minimum Gasteiger partial charge on any atom is -0.395 e. The summed E-state index contributed by atoms with van der Waals surface area (Å²) in [5, 5.41) is 9.19. The van der Waals surface area contributed by atoms with Gasteiger partial charge in [0.1, 0.15) is 0 Å². The van der Waals surface area contributed by atoms with E-state index in [1.807, 2.05) is 13.8 Å². The first kappa shape index (κ1) is 11.9. The van der Waals surface area contributed by atoms with Crippen molar-refractivity contribution in [1.82, 2.24) is 4.90 Å². The van der Waals surface area contributed by atoms with Crippen molar-refractivity contribution in [2.24, 2.45) is 5.92 Å². The molecule has 0 aromatic carbocycles. The second-order valence-corrected chi connectivity index (χ2v) is 6.49. The quantitative estimate of drug-likeness (QED) is 0.713. The average Bonchev–Trinajstić information content (AvgIpc) is 2.08. The van der Waals surface area contributed by atoms with Crippen molar-refractivity contribution in [2.75, 3.05) is 31.2 Å². The highest BCUT2D eigenvalue weighted by Gasteiger charge is 2.27. The molecule has 0 aliphatic carbocycles. The Balaban J connectivity index is 2.56. The third-order valence-corrected chi connectivity index (χ3v) is 4.41. The minimum absolute atomic E-state index is 0.102. The van der Waals surface area contributed by atoms with E-state index in [-0.39, 0.29) is 24.2 Å². The largest absolute Gasteiger partial charge is 0.395 e. The Morgan fingerprint density at radius 3 is 2.14 bits per heavy atom. The average molecular weight is 221 g/mol. The number of aliphatic hydroxyl groups excluding tert-OH is 1. The molecule has 4 nitrogen and oxygen atoms in total. The Kier molecular flexibility index (Phi) is 3.92. The smallest absolute Gasteiger partial charge is 0.152 e. The maximum absolute atomic E-state index is 11.2. The molecule has 1 fully saturated rings. The van der Waals surface area contributed by atoms with E-state index in [4.69, 9.17) is 0 Å². The molecule has 1 rings (SSSR count). The van der Waals surface area contributed by atoms with Gasteiger partial charge in [-0.2, -0.15) is 0 Å². The van der Waals surface area contributed by atoms with Gasteiger partial charge in [0.2, 0.25) is 0 Å². The van der Waals surface area contributed by atoms with Crippen LogP contribution in [0.1, 0.15) is 13.8 Å². The molecule has 0 unspecified atom stereocenters. The van der Waals surface area contributed by atoms with E-state index in [9.17, 15) is 13.5 Å². The van der Waals surface area contributed by atoms with Crippen LogP contribution >= 0.6 is 0 Å². The predicted octanol–water partition coefficient (Wildman–Crippen LogP) is -0.266. The van der Waals surface area contributed by atoms with Crippen molar-refractivity contribution in [2.45, 2.75) is 19.9 Å². The van der Waals surface area contributed by atoms with Gasteiger partial charge in [-0.25, -0.2) is 8.42 Å². The van der Waals surface area contributed by atoms with Crippen molar-refractivity contribution < 1.29 is 13.5 Å². The van der Waals surface area contributed by atoms with Gasteiger partial charge in [0.15, 0.2) is 9.84 Å². The van der Waals surface area contributed by atoms with E-state index >= 15 is 0 Å². The number of rotatable bonds is 3. The number of aliphatic hydroxyl groups is 1. The van der Waals surface area contributed by atoms with Crippen LogP contribution in [0.3, 0.4) is 0 Å². The van der Waals surface area contributed by atoms with E-state index in [2.05, 4.69) is 4.90 Å². The molecule has 5 heteroatoms. The van der Waals surface area contributed by atoms with Crippen LogP contribution in [0.15, 0.2) is 0 Å². The first-order valence-electron chi connectivity index (χ1n) is 5.01. The first-order chi connectivity index (χ1) is 6.46. The van der Waals surface area contributed by atoms with E-state index < -0.39 is 9.84 Å². The second-order valence-electron chi connectivity index (χ2n) is 4.18. The Morgan fingerprint density at radius 1 is 1.29 bits per heavy atom. The van der Waals surface area contributed by atoms with Crippen LogP contribution < -0.4 is 0 Å². The van der Waals surface area contributed by atoms with E-state index in [0.717, 1.165) is 0 Å². The van der Waals surface area contributed by atoms with Gasteiger partial charge in [-0.3, -0.25) is 4.90 Å². The zero-order valence-electron chi connectivity index (χ0n) is 8.81. The fraction of sp³-hybridized carbons (Fsp3) is 1.00. The molecule has 1 N–H and O–H groups in total. The van der Waals surface area contributed by atoms with Gasteiger partial charge in [-0.15, -0.1) is 0 Å². The standard InChI is InChI=1S/C9H19NO3S/c1-8(2)9(7-11)10-3-5-14(12,13)6-4-10/h8-9,11H,3-7H2,1-2H3/t9-/m0/s1. The van der Waals surface area contributed by atoms with E-state index in [0.29, 0.717) is 19.0 Å². The molecule has 0 spiro atoms. The van der Waals surface area contributed by atoms with Gasteiger partial charge in [0, 0.05) is 19.1 Å². The molecule has 1 heterocycles. The summed E-state index contributed by atoms with van der Waals surface area (Å²) in [4.78, 5) is 2.08. The molecule has 1 aliphatic heterocycles. The lowest BCUT2D eigenvalue weighted by Gasteiger charge is -2.35. The highest BCUT2D eigenvalue weighted by atomic mass is 32.2. The maximum atomic E-state index is 11.2. The van der Waals surface area contributed by atoms with E-state index in [1.54, 1.807) is 0 Å². The van der Waals surface area contributed by atoms with Crippen LogP contribution in [0.2, 0.25) is 0 Å². The monoisotopic (exact) mass is 221 g/mol. The van der Waals surface area contributed by atoms with Crippen molar-refractivity contribution in [3.8, 4) is 0 Å². The molecule has 0 aromatic heterocycles. The topological polar surface area (TPSA) is 57.6 Å². The Morgan fingerprint density at radius 2 is 1.79 bits per heavy atom. The lowest BCUT2D eigenvalue weighted by molar-refractivity contribution is 0.0982. The fourth-order valence-electron chi connectivity index (χ4n) is 1.81. The predicted molar refractivity (Wildman–Crippen MR) is 55.9 cm³/mol. The van der Waals surface area contributed by atoms with Gasteiger partial charge >= 0.3 is 0 Å². The zero-order valence-corrected chi connectivity index (χ0v) is 9.63. The summed E-state index contributed by atoms with van der Waals surface area (Å²) >= 11 is 0. The van der Waals surface area contributed by atoms with Crippen molar-refractivity contribution in [3.05, 3.63) is 0 Å². The highest BCUT2D eigenvalue weighted by molar-refractivity contribution is 7.91. The van der Waals surface area contributed by atoms with Crippen LogP contribution in [-0.2, 0) is 9.84 Å². The van der Waals surface area contributed by atoms with Crippen LogP contribution in [0, 0.1) is 5.92 Å². The van der Waals surface area contributed by atoms with Crippen molar-refractivity contribution in [1.29, 1.82) is 0 Å². The molecule has 0 bridgehead atoms.